The highest BCUT2D eigenvalue weighted by molar-refractivity contribution is 6.38. The monoisotopic (exact) mass is 362 g/mol. The Morgan fingerprint density at radius 3 is 2.39 bits per heavy atom. The molecule has 1 heterocycles. The van der Waals surface area contributed by atoms with Crippen LogP contribution in [0.25, 0.3) is 5.69 Å². The van der Waals surface area contributed by atoms with Crippen molar-refractivity contribution in [1.82, 2.24) is 9.78 Å². The second kappa shape index (κ2) is 6.69. The number of anilines is 1. The number of nitrogens with zero attached hydrogens (tertiary/aromatic N) is 3. The molecule has 0 aliphatic heterocycles. The van der Waals surface area contributed by atoms with Gasteiger partial charge in [-0.3, -0.25) is 0 Å². The van der Waals surface area contributed by atoms with Crippen LogP contribution in [0.1, 0.15) is 24.5 Å². The van der Waals surface area contributed by atoms with E-state index in [0.717, 1.165) is 18.6 Å². The SMILES string of the molecule is CCCNc1c(C#N)cnn1-c1c(Cl)cc(C(F)(F)F)cc1Cl. The van der Waals surface area contributed by atoms with Crippen LogP contribution in [0.3, 0.4) is 0 Å². The largest absolute Gasteiger partial charge is 0.416 e. The smallest absolute Gasteiger partial charge is 0.369 e. The minimum absolute atomic E-state index is 0.0847. The van der Waals surface area contributed by atoms with Crippen molar-refractivity contribution in [3.63, 3.8) is 0 Å². The van der Waals surface area contributed by atoms with Gasteiger partial charge in [-0.25, -0.2) is 4.68 Å². The van der Waals surface area contributed by atoms with Gasteiger partial charge in [0.25, 0.3) is 0 Å². The molecule has 0 amide bonds. The topological polar surface area (TPSA) is 53.6 Å². The number of hydrogen-bond donors (Lipinski definition) is 1. The third kappa shape index (κ3) is 3.54. The molecule has 2 aromatic rings. The Morgan fingerprint density at radius 1 is 1.30 bits per heavy atom. The number of aromatic nitrogens is 2. The van der Waals surface area contributed by atoms with Crippen molar-refractivity contribution in [3.05, 3.63) is 39.5 Å². The number of rotatable bonds is 4. The van der Waals surface area contributed by atoms with E-state index in [0.29, 0.717) is 12.4 Å². The van der Waals surface area contributed by atoms with E-state index in [1.165, 1.54) is 10.9 Å². The van der Waals surface area contributed by atoms with Crippen LogP contribution in [0.5, 0.6) is 0 Å². The molecule has 122 valence electrons. The second-order valence-corrected chi connectivity index (χ2v) is 5.46. The standard InChI is InChI=1S/C14H11Cl2F3N4/c1-2-3-21-13-8(6-20)7-22-23(13)12-10(15)4-9(5-11(12)16)14(17,18)19/h4-5,7,21H,2-3H2,1H3. The maximum Gasteiger partial charge on any atom is 0.416 e. The predicted molar refractivity (Wildman–Crippen MR) is 82.1 cm³/mol. The summed E-state index contributed by atoms with van der Waals surface area (Å²) in [7, 11) is 0. The average molecular weight is 363 g/mol. The van der Waals surface area contributed by atoms with Crippen molar-refractivity contribution >= 4 is 29.0 Å². The molecule has 0 saturated heterocycles. The molecule has 1 N–H and O–H groups in total. The molecule has 0 unspecified atom stereocenters. The molecule has 0 bridgehead atoms. The van der Waals surface area contributed by atoms with E-state index < -0.39 is 11.7 Å². The summed E-state index contributed by atoms with van der Waals surface area (Å²) in [5, 5.41) is 15.7. The molecule has 0 radical (unpaired) electrons. The fraction of sp³-hybridized carbons (Fsp3) is 0.286. The summed E-state index contributed by atoms with van der Waals surface area (Å²) in [5.74, 6) is 0.331. The highest BCUT2D eigenvalue weighted by Crippen LogP contribution is 2.38. The van der Waals surface area contributed by atoms with E-state index in [-0.39, 0.29) is 21.3 Å². The van der Waals surface area contributed by atoms with Crippen molar-refractivity contribution in [2.75, 3.05) is 11.9 Å². The molecule has 0 atom stereocenters. The summed E-state index contributed by atoms with van der Waals surface area (Å²) in [5.41, 5.74) is -0.626. The first kappa shape index (κ1) is 17.4. The normalized spacial score (nSPS) is 11.3. The highest BCUT2D eigenvalue weighted by Gasteiger charge is 2.32. The Labute approximate surface area is 140 Å². The van der Waals surface area contributed by atoms with Gasteiger partial charge in [0.15, 0.2) is 0 Å². The Morgan fingerprint density at radius 2 is 1.91 bits per heavy atom. The van der Waals surface area contributed by atoms with Crippen LogP contribution in [-0.4, -0.2) is 16.3 Å². The Bertz CT molecular complexity index is 739. The number of nitrogens with one attached hydrogen (secondary N) is 1. The van der Waals surface area contributed by atoms with Crippen LogP contribution in [0, 0.1) is 11.3 Å². The van der Waals surface area contributed by atoms with Gasteiger partial charge in [0, 0.05) is 6.54 Å². The van der Waals surface area contributed by atoms with Crippen molar-refractivity contribution in [2.45, 2.75) is 19.5 Å². The summed E-state index contributed by atoms with van der Waals surface area (Å²) in [6.45, 7) is 2.48. The van der Waals surface area contributed by atoms with Gasteiger partial charge in [-0.1, -0.05) is 30.1 Å². The minimum atomic E-state index is -4.56. The molecule has 2 rings (SSSR count). The number of hydrogen-bond acceptors (Lipinski definition) is 3. The van der Waals surface area contributed by atoms with Gasteiger partial charge in [0.1, 0.15) is 23.1 Å². The predicted octanol–water partition coefficient (Wildman–Crippen LogP) is 4.89. The lowest BCUT2D eigenvalue weighted by Gasteiger charge is -2.15. The van der Waals surface area contributed by atoms with E-state index >= 15 is 0 Å². The van der Waals surface area contributed by atoms with E-state index in [4.69, 9.17) is 28.5 Å². The molecule has 0 fully saturated rings. The third-order valence-electron chi connectivity index (χ3n) is 2.99. The minimum Gasteiger partial charge on any atom is -0.369 e. The molecular formula is C14H11Cl2F3N4. The molecule has 1 aromatic carbocycles. The molecule has 0 aliphatic rings. The van der Waals surface area contributed by atoms with E-state index in [2.05, 4.69) is 10.4 Å². The van der Waals surface area contributed by atoms with Gasteiger partial charge in [0.2, 0.25) is 0 Å². The zero-order valence-electron chi connectivity index (χ0n) is 11.9. The molecule has 9 heteroatoms. The number of alkyl halides is 3. The van der Waals surface area contributed by atoms with Crippen LogP contribution in [-0.2, 0) is 6.18 Å². The van der Waals surface area contributed by atoms with Gasteiger partial charge >= 0.3 is 6.18 Å². The fourth-order valence-electron chi connectivity index (χ4n) is 1.94. The number of nitriles is 1. The summed E-state index contributed by atoms with van der Waals surface area (Å²) < 4.78 is 39.6. The summed E-state index contributed by atoms with van der Waals surface area (Å²) in [6.07, 6.45) is -2.48. The van der Waals surface area contributed by atoms with E-state index in [1.807, 2.05) is 13.0 Å². The van der Waals surface area contributed by atoms with Crippen LogP contribution >= 0.6 is 23.2 Å². The zero-order chi connectivity index (χ0) is 17.2. The fourth-order valence-corrected chi connectivity index (χ4v) is 2.59. The number of halogens is 5. The van der Waals surface area contributed by atoms with Crippen LogP contribution in [0.15, 0.2) is 18.3 Å². The molecule has 0 spiro atoms. The van der Waals surface area contributed by atoms with Crippen molar-refractivity contribution < 1.29 is 13.2 Å². The van der Waals surface area contributed by atoms with Crippen molar-refractivity contribution in [2.24, 2.45) is 0 Å². The third-order valence-corrected chi connectivity index (χ3v) is 3.56. The molecular weight excluding hydrogens is 352 g/mol. The second-order valence-electron chi connectivity index (χ2n) is 4.64. The Kier molecular flexibility index (Phi) is 5.07. The lowest BCUT2D eigenvalue weighted by molar-refractivity contribution is -0.137. The molecule has 0 saturated carbocycles. The lowest BCUT2D eigenvalue weighted by atomic mass is 10.2. The lowest BCUT2D eigenvalue weighted by Crippen LogP contribution is -2.10. The average Bonchev–Trinajstić information content (AvgIpc) is 2.86. The summed E-state index contributed by atoms with van der Waals surface area (Å²) >= 11 is 12.0. The molecule has 1 aromatic heterocycles. The molecule has 0 aliphatic carbocycles. The van der Waals surface area contributed by atoms with Crippen LogP contribution in [0.4, 0.5) is 19.0 Å². The zero-order valence-corrected chi connectivity index (χ0v) is 13.4. The molecule has 4 nitrogen and oxygen atoms in total. The summed E-state index contributed by atoms with van der Waals surface area (Å²) in [6, 6.07) is 3.51. The van der Waals surface area contributed by atoms with Gasteiger partial charge in [-0.15, -0.1) is 0 Å². The molecule has 23 heavy (non-hydrogen) atoms. The number of benzene rings is 1. The van der Waals surface area contributed by atoms with Gasteiger partial charge in [0.05, 0.1) is 21.8 Å². The first-order valence-electron chi connectivity index (χ1n) is 6.58. The quantitative estimate of drug-likeness (QED) is 0.841. The van der Waals surface area contributed by atoms with Crippen molar-refractivity contribution in [1.29, 1.82) is 5.26 Å². The Hall–Kier alpha value is -1.91. The van der Waals surface area contributed by atoms with Gasteiger partial charge in [-0.2, -0.15) is 23.5 Å². The van der Waals surface area contributed by atoms with E-state index in [1.54, 1.807) is 0 Å². The first-order chi connectivity index (χ1) is 10.8. The summed E-state index contributed by atoms with van der Waals surface area (Å²) in [4.78, 5) is 0. The Balaban J connectivity index is 2.60. The van der Waals surface area contributed by atoms with Crippen molar-refractivity contribution in [3.8, 4) is 11.8 Å². The van der Waals surface area contributed by atoms with E-state index in [9.17, 15) is 13.2 Å². The van der Waals surface area contributed by atoms with Crippen LogP contribution < -0.4 is 5.32 Å². The maximum atomic E-state index is 12.8. The maximum absolute atomic E-state index is 12.8. The van der Waals surface area contributed by atoms with Gasteiger partial charge < -0.3 is 5.32 Å². The van der Waals surface area contributed by atoms with Gasteiger partial charge in [-0.05, 0) is 18.6 Å². The highest BCUT2D eigenvalue weighted by atomic mass is 35.5. The van der Waals surface area contributed by atoms with Crippen LogP contribution in [0.2, 0.25) is 10.0 Å². The first-order valence-corrected chi connectivity index (χ1v) is 7.33.